The lowest BCUT2D eigenvalue weighted by Crippen LogP contribution is -2.26. The molecule has 2 nitrogen and oxygen atoms in total. The molecule has 1 unspecified atom stereocenters. The van der Waals surface area contributed by atoms with Crippen molar-refractivity contribution in [2.75, 3.05) is 13.2 Å². The molecule has 1 aliphatic heterocycles. The van der Waals surface area contributed by atoms with Crippen molar-refractivity contribution >= 4 is 0 Å². The second kappa shape index (κ2) is 8.47. The predicted octanol–water partition coefficient (Wildman–Crippen LogP) is 5.05. The molecule has 22 heavy (non-hydrogen) atoms. The number of unbranched alkanes of at least 4 members (excludes halogenated alkanes) is 1. The van der Waals surface area contributed by atoms with Gasteiger partial charge >= 0.3 is 0 Å². The van der Waals surface area contributed by atoms with Gasteiger partial charge in [0.1, 0.15) is 0 Å². The van der Waals surface area contributed by atoms with Crippen LogP contribution in [0.25, 0.3) is 0 Å². The largest absolute Gasteiger partial charge is 0.490 e. The zero-order valence-corrected chi connectivity index (χ0v) is 13.5. The third-order valence-electron chi connectivity index (χ3n) is 4.06. The Kier molecular flexibility index (Phi) is 6.62. The van der Waals surface area contributed by atoms with E-state index in [1.165, 1.54) is 6.07 Å². The van der Waals surface area contributed by atoms with Crippen molar-refractivity contribution in [1.29, 1.82) is 0 Å². The van der Waals surface area contributed by atoms with E-state index in [2.05, 4.69) is 6.92 Å². The van der Waals surface area contributed by atoms with Crippen LogP contribution < -0.4 is 4.74 Å². The molecule has 0 aliphatic carbocycles. The number of halogens is 2. The average Bonchev–Trinajstić information content (AvgIpc) is 2.53. The molecule has 2 rings (SSSR count). The van der Waals surface area contributed by atoms with Crippen LogP contribution in [0.2, 0.25) is 0 Å². The van der Waals surface area contributed by atoms with Crippen molar-refractivity contribution in [3.8, 4) is 5.75 Å². The van der Waals surface area contributed by atoms with E-state index in [0.717, 1.165) is 44.4 Å². The topological polar surface area (TPSA) is 18.5 Å². The van der Waals surface area contributed by atoms with Crippen LogP contribution in [-0.4, -0.2) is 19.3 Å². The highest BCUT2D eigenvalue weighted by Crippen LogP contribution is 2.33. The first kappa shape index (κ1) is 17.2. The molecule has 4 heteroatoms. The Bertz CT molecular complexity index is 468. The number of rotatable bonds is 7. The molecule has 1 aliphatic rings. The van der Waals surface area contributed by atoms with Gasteiger partial charge in [0.15, 0.2) is 11.6 Å². The van der Waals surface area contributed by atoms with Crippen LogP contribution in [0.15, 0.2) is 12.1 Å². The standard InChI is InChI=1S/C18H25F2O2/c1-3-5-11-21-16-10-9-15(17(19)18(16)20)13-7-8-14(6-4-2)22-12-13/h9-10,14H,3-8,11-12H2,1-2H3. The summed E-state index contributed by atoms with van der Waals surface area (Å²) in [6.07, 6.45) is 5.76. The molecular weight excluding hydrogens is 286 g/mol. The highest BCUT2D eigenvalue weighted by atomic mass is 19.2. The van der Waals surface area contributed by atoms with Crippen molar-refractivity contribution in [2.45, 2.75) is 58.5 Å². The maximum absolute atomic E-state index is 14.3. The molecule has 1 saturated heterocycles. The Labute approximate surface area is 131 Å². The van der Waals surface area contributed by atoms with Crippen molar-refractivity contribution in [1.82, 2.24) is 0 Å². The summed E-state index contributed by atoms with van der Waals surface area (Å²) in [5.74, 6) is -0.877. The van der Waals surface area contributed by atoms with Gasteiger partial charge in [-0.25, -0.2) is 4.39 Å². The summed E-state index contributed by atoms with van der Waals surface area (Å²) >= 11 is 0. The highest BCUT2D eigenvalue weighted by molar-refractivity contribution is 5.39. The molecule has 1 atom stereocenters. The van der Waals surface area contributed by atoms with Gasteiger partial charge in [0, 0.05) is 11.5 Å². The third-order valence-corrected chi connectivity index (χ3v) is 4.06. The molecular formula is C18H25F2O2. The fourth-order valence-electron chi connectivity index (χ4n) is 2.71. The average molecular weight is 311 g/mol. The summed E-state index contributed by atoms with van der Waals surface area (Å²) in [5.41, 5.74) is 0.329. The molecule has 0 aromatic heterocycles. The van der Waals surface area contributed by atoms with Gasteiger partial charge in [0.2, 0.25) is 5.82 Å². The normalized spacial score (nSPS) is 19.4. The predicted molar refractivity (Wildman–Crippen MR) is 83.0 cm³/mol. The molecule has 1 aromatic rings. The van der Waals surface area contributed by atoms with Crippen molar-refractivity contribution in [3.63, 3.8) is 0 Å². The Morgan fingerprint density at radius 3 is 2.64 bits per heavy atom. The summed E-state index contributed by atoms with van der Waals surface area (Å²) in [4.78, 5) is 0. The molecule has 0 N–H and O–H groups in total. The van der Waals surface area contributed by atoms with E-state index >= 15 is 0 Å². The fraction of sp³-hybridized carbons (Fsp3) is 0.611. The Morgan fingerprint density at radius 1 is 1.18 bits per heavy atom. The highest BCUT2D eigenvalue weighted by Gasteiger charge is 2.27. The SMILES string of the molecule is CCCCOc1ccc([C]2CCC(CCC)OC2)c(F)c1F. The van der Waals surface area contributed by atoms with E-state index in [0.29, 0.717) is 18.8 Å². The van der Waals surface area contributed by atoms with Gasteiger partial charge in [-0.15, -0.1) is 0 Å². The van der Waals surface area contributed by atoms with Crippen molar-refractivity contribution in [3.05, 3.63) is 35.2 Å². The number of ether oxygens (including phenoxy) is 2. The second-order valence-electron chi connectivity index (χ2n) is 5.81. The molecule has 123 valence electrons. The van der Waals surface area contributed by atoms with Gasteiger partial charge in [-0.05, 0) is 31.7 Å². The maximum Gasteiger partial charge on any atom is 0.200 e. The molecule has 1 heterocycles. The molecule has 0 spiro atoms. The van der Waals surface area contributed by atoms with Crippen LogP contribution in [0.3, 0.4) is 0 Å². The summed E-state index contributed by atoms with van der Waals surface area (Å²) in [6, 6.07) is 3.13. The molecule has 0 amide bonds. The van der Waals surface area contributed by atoms with Crippen LogP contribution in [-0.2, 0) is 4.74 Å². The number of hydrogen-bond donors (Lipinski definition) is 0. The van der Waals surface area contributed by atoms with Gasteiger partial charge < -0.3 is 9.47 Å². The van der Waals surface area contributed by atoms with Crippen LogP contribution >= 0.6 is 0 Å². The Balaban J connectivity index is 2.02. The molecule has 1 fully saturated rings. The first-order valence-electron chi connectivity index (χ1n) is 8.24. The summed E-state index contributed by atoms with van der Waals surface area (Å²) in [6.45, 7) is 4.94. The minimum absolute atomic E-state index is 0.00381. The van der Waals surface area contributed by atoms with Crippen molar-refractivity contribution in [2.24, 2.45) is 0 Å². The smallest absolute Gasteiger partial charge is 0.200 e. The second-order valence-corrected chi connectivity index (χ2v) is 5.81. The lowest BCUT2D eigenvalue weighted by Gasteiger charge is -2.29. The first-order chi connectivity index (χ1) is 10.7. The third kappa shape index (κ3) is 4.19. The van der Waals surface area contributed by atoms with Gasteiger partial charge in [0.25, 0.3) is 0 Å². The fourth-order valence-corrected chi connectivity index (χ4v) is 2.71. The van der Waals surface area contributed by atoms with Crippen LogP contribution in [0.5, 0.6) is 5.75 Å². The molecule has 0 bridgehead atoms. The lowest BCUT2D eigenvalue weighted by atomic mass is 9.90. The summed E-state index contributed by atoms with van der Waals surface area (Å²) in [5, 5.41) is 0. The van der Waals surface area contributed by atoms with Crippen LogP contribution in [0.1, 0.15) is 57.9 Å². The zero-order chi connectivity index (χ0) is 15.9. The Hall–Kier alpha value is -1.16. The maximum atomic E-state index is 14.3. The number of benzene rings is 1. The monoisotopic (exact) mass is 311 g/mol. The lowest BCUT2D eigenvalue weighted by molar-refractivity contribution is 0.0251. The van der Waals surface area contributed by atoms with E-state index in [1.807, 2.05) is 6.92 Å². The van der Waals surface area contributed by atoms with E-state index in [1.54, 1.807) is 6.07 Å². The Morgan fingerprint density at radius 2 is 2.00 bits per heavy atom. The zero-order valence-electron chi connectivity index (χ0n) is 13.5. The van der Waals surface area contributed by atoms with Gasteiger partial charge in [0.05, 0.1) is 19.3 Å². The number of hydrogen-bond acceptors (Lipinski definition) is 2. The van der Waals surface area contributed by atoms with Gasteiger partial charge in [-0.3, -0.25) is 0 Å². The molecule has 0 saturated carbocycles. The van der Waals surface area contributed by atoms with Gasteiger partial charge in [-0.2, -0.15) is 4.39 Å². The minimum Gasteiger partial charge on any atom is -0.490 e. The summed E-state index contributed by atoms with van der Waals surface area (Å²) in [7, 11) is 0. The van der Waals surface area contributed by atoms with Crippen LogP contribution in [0, 0.1) is 17.6 Å². The van der Waals surface area contributed by atoms with E-state index < -0.39 is 11.6 Å². The quantitative estimate of drug-likeness (QED) is 0.656. The van der Waals surface area contributed by atoms with E-state index in [-0.39, 0.29) is 11.9 Å². The molecule has 1 radical (unpaired) electrons. The summed E-state index contributed by atoms with van der Waals surface area (Å²) < 4.78 is 39.4. The van der Waals surface area contributed by atoms with Crippen LogP contribution in [0.4, 0.5) is 8.78 Å². The van der Waals surface area contributed by atoms with Gasteiger partial charge in [-0.1, -0.05) is 32.8 Å². The minimum atomic E-state index is -0.892. The van der Waals surface area contributed by atoms with E-state index in [4.69, 9.17) is 9.47 Å². The molecule has 1 aromatic carbocycles. The first-order valence-corrected chi connectivity index (χ1v) is 8.24. The van der Waals surface area contributed by atoms with Crippen molar-refractivity contribution < 1.29 is 18.3 Å². The van der Waals surface area contributed by atoms with E-state index in [9.17, 15) is 8.78 Å².